The number of carbonyl (C=O) groups excluding carboxylic acids is 1. The van der Waals surface area contributed by atoms with Gasteiger partial charge in [0.05, 0.1) is 11.4 Å². The van der Waals surface area contributed by atoms with E-state index in [2.05, 4.69) is 5.32 Å². The molecule has 2 rings (SSSR count). The van der Waals surface area contributed by atoms with E-state index in [9.17, 15) is 18.0 Å². The lowest BCUT2D eigenvalue weighted by Gasteiger charge is -2.08. The highest BCUT2D eigenvalue weighted by atomic mass is 19.2. The number of rotatable bonds is 2. The molecule has 1 amide bonds. The Hall–Kier alpha value is -2.50. The third-order valence-electron chi connectivity index (χ3n) is 2.45. The lowest BCUT2D eigenvalue weighted by atomic mass is 10.2. The Morgan fingerprint density at radius 2 is 1.74 bits per heavy atom. The Balaban J connectivity index is 2.25. The van der Waals surface area contributed by atoms with Crippen molar-refractivity contribution in [2.45, 2.75) is 0 Å². The van der Waals surface area contributed by atoms with Crippen molar-refractivity contribution in [2.75, 3.05) is 11.1 Å². The van der Waals surface area contributed by atoms with Crippen LogP contribution >= 0.6 is 0 Å². The molecular weight excluding hydrogens is 257 g/mol. The summed E-state index contributed by atoms with van der Waals surface area (Å²) in [5.74, 6) is -3.48. The summed E-state index contributed by atoms with van der Waals surface area (Å²) in [5, 5.41) is 2.32. The van der Waals surface area contributed by atoms with E-state index in [-0.39, 0.29) is 16.9 Å². The fourth-order valence-corrected chi connectivity index (χ4v) is 1.47. The van der Waals surface area contributed by atoms with Gasteiger partial charge in [0.2, 0.25) is 0 Å². The van der Waals surface area contributed by atoms with Gasteiger partial charge in [-0.05, 0) is 36.4 Å². The molecule has 0 aliphatic rings. The summed E-state index contributed by atoms with van der Waals surface area (Å²) < 4.78 is 38.7. The first-order chi connectivity index (χ1) is 8.97. The number of nitrogens with two attached hydrogens (primary N) is 1. The second-order valence-corrected chi connectivity index (χ2v) is 3.81. The van der Waals surface area contributed by atoms with E-state index in [1.807, 2.05) is 0 Å². The number of amides is 1. The van der Waals surface area contributed by atoms with Gasteiger partial charge in [-0.15, -0.1) is 0 Å². The van der Waals surface area contributed by atoms with Crippen molar-refractivity contribution in [3.8, 4) is 0 Å². The molecule has 19 heavy (non-hydrogen) atoms. The average molecular weight is 266 g/mol. The van der Waals surface area contributed by atoms with Crippen LogP contribution in [0.15, 0.2) is 36.4 Å². The first kappa shape index (κ1) is 12.9. The predicted molar refractivity (Wildman–Crippen MR) is 65.1 cm³/mol. The van der Waals surface area contributed by atoms with Gasteiger partial charge >= 0.3 is 0 Å². The molecule has 0 saturated heterocycles. The number of hydrogen-bond acceptors (Lipinski definition) is 2. The zero-order valence-corrected chi connectivity index (χ0v) is 9.58. The number of anilines is 2. The highest BCUT2D eigenvalue weighted by Crippen LogP contribution is 2.20. The number of halogens is 3. The highest BCUT2D eigenvalue weighted by Gasteiger charge is 2.11. The van der Waals surface area contributed by atoms with Crippen molar-refractivity contribution in [3.05, 3.63) is 59.4 Å². The first-order valence-electron chi connectivity index (χ1n) is 5.29. The third kappa shape index (κ3) is 2.85. The van der Waals surface area contributed by atoms with Crippen molar-refractivity contribution in [3.63, 3.8) is 0 Å². The summed E-state index contributed by atoms with van der Waals surface area (Å²) in [6.07, 6.45) is 0. The maximum absolute atomic E-state index is 13.0. The Morgan fingerprint density at radius 3 is 2.42 bits per heavy atom. The van der Waals surface area contributed by atoms with Gasteiger partial charge < -0.3 is 11.1 Å². The van der Waals surface area contributed by atoms with Crippen LogP contribution in [0.2, 0.25) is 0 Å². The van der Waals surface area contributed by atoms with Crippen molar-refractivity contribution in [2.24, 2.45) is 0 Å². The second-order valence-electron chi connectivity index (χ2n) is 3.81. The molecule has 0 saturated carbocycles. The van der Waals surface area contributed by atoms with E-state index >= 15 is 0 Å². The normalized spacial score (nSPS) is 10.3. The summed E-state index contributed by atoms with van der Waals surface area (Å²) in [5.41, 5.74) is 5.69. The van der Waals surface area contributed by atoms with Crippen LogP contribution in [-0.2, 0) is 0 Å². The number of carbonyl (C=O) groups is 1. The topological polar surface area (TPSA) is 55.1 Å². The van der Waals surface area contributed by atoms with E-state index < -0.39 is 23.4 Å². The summed E-state index contributed by atoms with van der Waals surface area (Å²) in [4.78, 5) is 11.8. The summed E-state index contributed by atoms with van der Waals surface area (Å²) in [6.45, 7) is 0. The third-order valence-corrected chi connectivity index (χ3v) is 2.45. The molecule has 0 heterocycles. The molecule has 0 spiro atoms. The van der Waals surface area contributed by atoms with Gasteiger partial charge in [-0.1, -0.05) is 0 Å². The summed E-state index contributed by atoms with van der Waals surface area (Å²) in [6, 6.07) is 6.16. The quantitative estimate of drug-likeness (QED) is 0.821. The average Bonchev–Trinajstić information content (AvgIpc) is 2.37. The predicted octanol–water partition coefficient (Wildman–Crippen LogP) is 2.94. The van der Waals surface area contributed by atoms with E-state index in [1.165, 1.54) is 6.07 Å². The molecule has 6 heteroatoms. The molecule has 0 bridgehead atoms. The summed E-state index contributed by atoms with van der Waals surface area (Å²) >= 11 is 0. The van der Waals surface area contributed by atoms with Gasteiger partial charge in [-0.2, -0.15) is 0 Å². The molecule has 0 aromatic heterocycles. The lowest BCUT2D eigenvalue weighted by Crippen LogP contribution is -2.13. The van der Waals surface area contributed by atoms with Gasteiger partial charge in [-0.3, -0.25) is 4.79 Å². The molecule has 0 aliphatic heterocycles. The van der Waals surface area contributed by atoms with Crippen molar-refractivity contribution < 1.29 is 18.0 Å². The van der Waals surface area contributed by atoms with E-state index in [1.54, 1.807) is 0 Å². The number of benzene rings is 2. The molecule has 98 valence electrons. The minimum absolute atomic E-state index is 0.0646. The van der Waals surface area contributed by atoms with E-state index in [0.29, 0.717) is 0 Å². The van der Waals surface area contributed by atoms with Gasteiger partial charge in [0.25, 0.3) is 5.91 Å². The minimum Gasteiger partial charge on any atom is -0.397 e. The SMILES string of the molecule is Nc1ccc(F)cc1NC(=O)c1ccc(F)c(F)c1. The zero-order chi connectivity index (χ0) is 14.0. The number of hydrogen-bond donors (Lipinski definition) is 2. The zero-order valence-electron chi connectivity index (χ0n) is 9.58. The second kappa shape index (κ2) is 5.01. The minimum atomic E-state index is -1.14. The Kier molecular flexibility index (Phi) is 3.41. The van der Waals surface area contributed by atoms with E-state index in [4.69, 9.17) is 5.73 Å². The van der Waals surface area contributed by atoms with Crippen LogP contribution in [0.4, 0.5) is 24.5 Å². The molecule has 0 radical (unpaired) electrons. The maximum Gasteiger partial charge on any atom is 0.255 e. The molecule has 0 atom stereocenters. The molecule has 2 aromatic carbocycles. The Morgan fingerprint density at radius 1 is 1.00 bits per heavy atom. The van der Waals surface area contributed by atoms with Gasteiger partial charge in [-0.25, -0.2) is 13.2 Å². The molecule has 0 fully saturated rings. The van der Waals surface area contributed by atoms with Crippen LogP contribution in [0.5, 0.6) is 0 Å². The molecule has 2 aromatic rings. The molecule has 0 aliphatic carbocycles. The van der Waals surface area contributed by atoms with Crippen LogP contribution in [0.25, 0.3) is 0 Å². The fourth-order valence-electron chi connectivity index (χ4n) is 1.47. The van der Waals surface area contributed by atoms with Crippen LogP contribution in [0, 0.1) is 17.5 Å². The standard InChI is InChI=1S/C13H9F3N2O/c14-8-2-4-11(17)12(6-8)18-13(19)7-1-3-9(15)10(16)5-7/h1-6H,17H2,(H,18,19). The van der Waals surface area contributed by atoms with Crippen LogP contribution in [-0.4, -0.2) is 5.91 Å². The fraction of sp³-hybridized carbons (Fsp3) is 0. The van der Waals surface area contributed by atoms with E-state index in [0.717, 1.165) is 30.3 Å². The lowest BCUT2D eigenvalue weighted by molar-refractivity contribution is 0.102. The molecule has 3 N–H and O–H groups in total. The number of nitrogens with one attached hydrogen (secondary N) is 1. The van der Waals surface area contributed by atoms with Crippen molar-refractivity contribution >= 4 is 17.3 Å². The van der Waals surface area contributed by atoms with Gasteiger partial charge in [0.15, 0.2) is 11.6 Å². The molecular formula is C13H9F3N2O. The largest absolute Gasteiger partial charge is 0.397 e. The Bertz CT molecular complexity index is 644. The molecule has 3 nitrogen and oxygen atoms in total. The highest BCUT2D eigenvalue weighted by molar-refractivity contribution is 6.05. The van der Waals surface area contributed by atoms with Crippen LogP contribution in [0.3, 0.4) is 0 Å². The first-order valence-corrected chi connectivity index (χ1v) is 5.29. The van der Waals surface area contributed by atoms with Crippen molar-refractivity contribution in [1.29, 1.82) is 0 Å². The summed E-state index contributed by atoms with van der Waals surface area (Å²) in [7, 11) is 0. The monoisotopic (exact) mass is 266 g/mol. The van der Waals surface area contributed by atoms with Gasteiger partial charge in [0.1, 0.15) is 5.82 Å². The van der Waals surface area contributed by atoms with Crippen LogP contribution < -0.4 is 11.1 Å². The number of nitrogen functional groups attached to an aromatic ring is 1. The Labute approximate surface area is 106 Å². The smallest absolute Gasteiger partial charge is 0.255 e. The van der Waals surface area contributed by atoms with Gasteiger partial charge in [0, 0.05) is 5.56 Å². The van der Waals surface area contributed by atoms with Crippen LogP contribution in [0.1, 0.15) is 10.4 Å². The molecule has 0 unspecified atom stereocenters. The van der Waals surface area contributed by atoms with Crippen molar-refractivity contribution in [1.82, 2.24) is 0 Å². The maximum atomic E-state index is 13.0.